The minimum Gasteiger partial charge on any atom is -0.496 e. The normalized spacial score (nSPS) is 10.8. The Morgan fingerprint density at radius 1 is 1.21 bits per heavy atom. The average Bonchev–Trinajstić information content (AvgIpc) is 2.75. The fourth-order valence-electron chi connectivity index (χ4n) is 2.58. The Labute approximate surface area is 179 Å². The Hall–Kier alpha value is -2.83. The molecule has 1 aromatic heterocycles. The van der Waals surface area contributed by atoms with E-state index in [9.17, 15) is 4.79 Å². The number of amides is 1. The highest BCUT2D eigenvalue weighted by molar-refractivity contribution is 7.98. The standard InChI is InChI=1S/C22H20ClN3O2S/c1-28-20-10-7-17(12-18(20)15-29-22-4-2-3-11-24-22)14-25-26-21(27)13-16-5-8-19(23)9-6-16/h2-12,14H,13,15H2,1H3,(H,26,27). The first-order valence-electron chi connectivity index (χ1n) is 8.91. The highest BCUT2D eigenvalue weighted by Gasteiger charge is 2.06. The highest BCUT2D eigenvalue weighted by atomic mass is 35.5. The first-order valence-corrected chi connectivity index (χ1v) is 10.3. The number of hydrazone groups is 1. The van der Waals surface area contributed by atoms with Crippen LogP contribution >= 0.6 is 23.4 Å². The topological polar surface area (TPSA) is 63.6 Å². The third-order valence-corrected chi connectivity index (χ3v) is 5.24. The van der Waals surface area contributed by atoms with Gasteiger partial charge in [-0.05, 0) is 53.6 Å². The van der Waals surface area contributed by atoms with Crippen molar-refractivity contribution in [2.24, 2.45) is 5.10 Å². The molecule has 0 aliphatic heterocycles. The summed E-state index contributed by atoms with van der Waals surface area (Å²) in [5.74, 6) is 1.32. The van der Waals surface area contributed by atoms with Crippen molar-refractivity contribution in [2.45, 2.75) is 17.2 Å². The molecule has 0 atom stereocenters. The highest BCUT2D eigenvalue weighted by Crippen LogP contribution is 2.27. The number of hydrogen-bond donors (Lipinski definition) is 1. The molecule has 0 aliphatic rings. The summed E-state index contributed by atoms with van der Waals surface area (Å²) in [5, 5.41) is 5.65. The molecule has 0 bridgehead atoms. The van der Waals surface area contributed by atoms with E-state index in [1.807, 2.05) is 48.5 Å². The van der Waals surface area contributed by atoms with E-state index in [2.05, 4.69) is 15.5 Å². The third-order valence-electron chi connectivity index (χ3n) is 4.00. The van der Waals surface area contributed by atoms with Gasteiger partial charge in [0.1, 0.15) is 5.75 Å². The monoisotopic (exact) mass is 425 g/mol. The fourth-order valence-corrected chi connectivity index (χ4v) is 3.55. The van der Waals surface area contributed by atoms with Crippen molar-refractivity contribution < 1.29 is 9.53 Å². The number of methoxy groups -OCH3 is 1. The van der Waals surface area contributed by atoms with Crippen LogP contribution in [-0.4, -0.2) is 24.2 Å². The van der Waals surface area contributed by atoms with Gasteiger partial charge in [0.25, 0.3) is 0 Å². The number of nitrogens with zero attached hydrogens (tertiary/aromatic N) is 2. The van der Waals surface area contributed by atoms with Crippen LogP contribution in [0.15, 0.2) is 77.0 Å². The summed E-state index contributed by atoms with van der Waals surface area (Å²) >= 11 is 7.48. The summed E-state index contributed by atoms with van der Waals surface area (Å²) < 4.78 is 5.45. The maximum atomic E-state index is 12.0. The Morgan fingerprint density at radius 3 is 2.76 bits per heavy atom. The summed E-state index contributed by atoms with van der Waals surface area (Å²) in [7, 11) is 1.65. The van der Waals surface area contributed by atoms with E-state index < -0.39 is 0 Å². The molecule has 0 fully saturated rings. The molecular formula is C22H20ClN3O2S. The van der Waals surface area contributed by atoms with Crippen molar-refractivity contribution in [2.75, 3.05) is 7.11 Å². The van der Waals surface area contributed by atoms with E-state index in [4.69, 9.17) is 16.3 Å². The second-order valence-electron chi connectivity index (χ2n) is 6.12. The lowest BCUT2D eigenvalue weighted by Gasteiger charge is -2.09. The number of rotatable bonds is 8. The molecule has 1 N–H and O–H groups in total. The lowest BCUT2D eigenvalue weighted by atomic mass is 10.1. The molecule has 0 unspecified atom stereocenters. The minimum atomic E-state index is -0.192. The maximum absolute atomic E-state index is 12.0. The van der Waals surface area contributed by atoms with Crippen molar-refractivity contribution in [1.82, 2.24) is 10.4 Å². The number of thioether (sulfide) groups is 1. The number of halogens is 1. The number of ether oxygens (including phenoxy) is 1. The molecule has 3 aromatic rings. The lowest BCUT2D eigenvalue weighted by Crippen LogP contribution is -2.19. The van der Waals surface area contributed by atoms with Gasteiger partial charge in [0.05, 0.1) is 24.8 Å². The second kappa shape index (κ2) is 10.6. The van der Waals surface area contributed by atoms with Crippen molar-refractivity contribution in [3.63, 3.8) is 0 Å². The van der Waals surface area contributed by atoms with Crippen molar-refractivity contribution in [3.05, 3.63) is 88.6 Å². The number of carbonyl (C=O) groups is 1. The number of nitrogens with one attached hydrogen (secondary N) is 1. The molecule has 0 aliphatic carbocycles. The van der Waals surface area contributed by atoms with Gasteiger partial charge in [-0.15, -0.1) is 11.8 Å². The number of aromatic nitrogens is 1. The average molecular weight is 426 g/mol. The van der Waals surface area contributed by atoms with E-state index in [0.29, 0.717) is 10.8 Å². The molecule has 0 saturated carbocycles. The van der Waals surface area contributed by atoms with Crippen molar-refractivity contribution in [3.8, 4) is 5.75 Å². The first kappa shape index (κ1) is 20.9. The molecule has 3 rings (SSSR count). The van der Waals surface area contributed by atoms with Crippen LogP contribution < -0.4 is 10.2 Å². The molecule has 29 heavy (non-hydrogen) atoms. The van der Waals surface area contributed by atoms with E-state index in [-0.39, 0.29) is 12.3 Å². The summed E-state index contributed by atoms with van der Waals surface area (Å²) in [4.78, 5) is 16.3. The predicted molar refractivity (Wildman–Crippen MR) is 118 cm³/mol. The predicted octanol–water partition coefficient (Wildman–Crippen LogP) is 4.73. The molecule has 1 heterocycles. The quantitative estimate of drug-likeness (QED) is 0.322. The molecule has 148 valence electrons. The zero-order chi connectivity index (χ0) is 20.5. The fraction of sp³-hybridized carbons (Fsp3) is 0.136. The molecule has 2 aromatic carbocycles. The van der Waals surface area contributed by atoms with Crippen LogP contribution in [-0.2, 0) is 17.0 Å². The summed E-state index contributed by atoms with van der Waals surface area (Å²) in [6.45, 7) is 0. The molecule has 5 nitrogen and oxygen atoms in total. The van der Waals surface area contributed by atoms with Gasteiger partial charge in [-0.1, -0.05) is 29.8 Å². The molecule has 0 saturated heterocycles. The Balaban J connectivity index is 1.59. The van der Waals surface area contributed by atoms with Crippen LogP contribution in [0.4, 0.5) is 0 Å². The molecule has 7 heteroatoms. The summed E-state index contributed by atoms with van der Waals surface area (Å²) in [6.07, 6.45) is 3.63. The van der Waals surface area contributed by atoms with Crippen LogP contribution in [0, 0.1) is 0 Å². The SMILES string of the molecule is COc1ccc(C=NNC(=O)Cc2ccc(Cl)cc2)cc1CSc1ccccn1. The molecular weight excluding hydrogens is 406 g/mol. The lowest BCUT2D eigenvalue weighted by molar-refractivity contribution is -0.120. The van der Waals surface area contributed by atoms with Gasteiger partial charge in [0.2, 0.25) is 5.91 Å². The van der Waals surface area contributed by atoms with Gasteiger partial charge in [0, 0.05) is 22.5 Å². The molecule has 0 spiro atoms. The summed E-state index contributed by atoms with van der Waals surface area (Å²) in [6, 6.07) is 18.8. The number of pyridine rings is 1. The van der Waals surface area contributed by atoms with Gasteiger partial charge < -0.3 is 4.74 Å². The first-order chi connectivity index (χ1) is 14.1. The van der Waals surface area contributed by atoms with E-state index in [1.54, 1.807) is 43.4 Å². The number of benzene rings is 2. The van der Waals surface area contributed by atoms with Gasteiger partial charge >= 0.3 is 0 Å². The molecule has 0 radical (unpaired) electrons. The van der Waals surface area contributed by atoms with Crippen LogP contribution in [0.25, 0.3) is 0 Å². The van der Waals surface area contributed by atoms with E-state index in [0.717, 1.165) is 27.5 Å². The smallest absolute Gasteiger partial charge is 0.244 e. The van der Waals surface area contributed by atoms with Crippen LogP contribution in [0.2, 0.25) is 5.02 Å². The molecule has 1 amide bonds. The van der Waals surface area contributed by atoms with Crippen molar-refractivity contribution in [1.29, 1.82) is 0 Å². The van der Waals surface area contributed by atoms with Crippen LogP contribution in [0.5, 0.6) is 5.75 Å². The van der Waals surface area contributed by atoms with Gasteiger partial charge in [0.15, 0.2) is 0 Å². The van der Waals surface area contributed by atoms with E-state index >= 15 is 0 Å². The van der Waals surface area contributed by atoms with Gasteiger partial charge in [-0.2, -0.15) is 5.10 Å². The van der Waals surface area contributed by atoms with Crippen LogP contribution in [0.3, 0.4) is 0 Å². The number of carbonyl (C=O) groups excluding carboxylic acids is 1. The zero-order valence-electron chi connectivity index (χ0n) is 15.8. The summed E-state index contributed by atoms with van der Waals surface area (Å²) in [5.41, 5.74) is 5.32. The number of hydrogen-bond acceptors (Lipinski definition) is 5. The van der Waals surface area contributed by atoms with Gasteiger partial charge in [-0.3, -0.25) is 4.79 Å². The second-order valence-corrected chi connectivity index (χ2v) is 7.56. The Bertz CT molecular complexity index is 979. The van der Waals surface area contributed by atoms with E-state index in [1.165, 1.54) is 0 Å². The van der Waals surface area contributed by atoms with Crippen LogP contribution in [0.1, 0.15) is 16.7 Å². The zero-order valence-corrected chi connectivity index (χ0v) is 17.4. The maximum Gasteiger partial charge on any atom is 0.244 e. The largest absolute Gasteiger partial charge is 0.496 e. The Kier molecular flexibility index (Phi) is 7.67. The van der Waals surface area contributed by atoms with Crippen molar-refractivity contribution >= 4 is 35.5 Å². The van der Waals surface area contributed by atoms with Gasteiger partial charge in [-0.25, -0.2) is 10.4 Å². The Morgan fingerprint density at radius 2 is 2.03 bits per heavy atom. The minimum absolute atomic E-state index is 0.192. The third kappa shape index (κ3) is 6.62.